The Morgan fingerprint density at radius 3 is 2.08 bits per heavy atom. The van der Waals surface area contributed by atoms with Crippen molar-refractivity contribution < 1.29 is 19.1 Å². The molecular formula is C29H41N3O4. The first kappa shape index (κ1) is 30.7. The molecule has 1 fully saturated rings. The fourth-order valence-corrected chi connectivity index (χ4v) is 4.35. The van der Waals surface area contributed by atoms with Crippen molar-refractivity contribution in [3.63, 3.8) is 0 Å². The minimum absolute atomic E-state index is 0.0913. The van der Waals surface area contributed by atoms with Crippen LogP contribution in [0.2, 0.25) is 0 Å². The Kier molecular flexibility index (Phi) is 13.4. The number of hydrogen-bond donors (Lipinski definition) is 2. The zero-order chi connectivity index (χ0) is 27.1. The normalized spacial score (nSPS) is 14.6. The molecule has 2 heterocycles. The summed E-state index contributed by atoms with van der Waals surface area (Å²) in [4.78, 5) is 30.5. The van der Waals surface area contributed by atoms with Crippen molar-refractivity contribution in [2.75, 3.05) is 40.3 Å². The Bertz CT molecular complexity index is 977. The predicted octanol–water partition coefficient (Wildman–Crippen LogP) is 3.89. The van der Waals surface area contributed by atoms with E-state index in [-0.39, 0.29) is 11.5 Å². The predicted molar refractivity (Wildman–Crippen MR) is 147 cm³/mol. The lowest BCUT2D eigenvalue weighted by atomic mass is 9.83. The molecule has 2 N–H and O–H groups in total. The number of carbonyl (C=O) groups excluding carboxylic acids is 3. The zero-order valence-electron chi connectivity index (χ0n) is 22.4. The number of nitrogens with one attached hydrogen (secondary N) is 2. The van der Waals surface area contributed by atoms with Gasteiger partial charge in [-0.05, 0) is 89.4 Å². The van der Waals surface area contributed by atoms with Crippen molar-refractivity contribution in [1.82, 2.24) is 15.5 Å². The number of aryl methyl sites for hydroxylation is 1. The van der Waals surface area contributed by atoms with Gasteiger partial charge in [0.15, 0.2) is 0 Å². The highest BCUT2D eigenvalue weighted by molar-refractivity contribution is 5.95. The molecule has 1 amide bonds. The van der Waals surface area contributed by atoms with Crippen molar-refractivity contribution in [1.29, 1.82) is 0 Å². The number of fused-ring (bicyclic) bond motifs is 1. The van der Waals surface area contributed by atoms with Gasteiger partial charge in [-0.15, -0.1) is 0 Å². The molecule has 196 valence electrons. The molecule has 7 nitrogen and oxygen atoms in total. The van der Waals surface area contributed by atoms with Crippen LogP contribution in [0.15, 0.2) is 48.5 Å². The van der Waals surface area contributed by atoms with E-state index in [4.69, 9.17) is 14.3 Å². The van der Waals surface area contributed by atoms with E-state index in [0.717, 1.165) is 61.5 Å². The fraction of sp³-hybridized carbons (Fsp3) is 0.414. The molecular weight excluding hydrogens is 454 g/mol. The minimum atomic E-state index is -0.251. The summed E-state index contributed by atoms with van der Waals surface area (Å²) in [6.45, 7) is 13.5. The average Bonchev–Trinajstić information content (AvgIpc) is 2.92. The first-order chi connectivity index (χ1) is 17.5. The van der Waals surface area contributed by atoms with E-state index in [0.29, 0.717) is 0 Å². The Morgan fingerprint density at radius 2 is 1.56 bits per heavy atom. The van der Waals surface area contributed by atoms with Crippen LogP contribution in [-0.4, -0.2) is 70.3 Å². The highest BCUT2D eigenvalue weighted by atomic mass is 16.5. The van der Waals surface area contributed by atoms with Gasteiger partial charge in [-0.3, -0.25) is 4.79 Å². The first-order valence-electron chi connectivity index (χ1n) is 12.3. The smallest absolute Gasteiger partial charge is 0.253 e. The maximum Gasteiger partial charge on any atom is 0.253 e. The molecule has 2 aromatic carbocycles. The van der Waals surface area contributed by atoms with Gasteiger partial charge in [0.05, 0.1) is 0 Å². The van der Waals surface area contributed by atoms with E-state index < -0.39 is 0 Å². The van der Waals surface area contributed by atoms with Crippen molar-refractivity contribution in [2.45, 2.75) is 39.2 Å². The molecule has 0 saturated carbocycles. The van der Waals surface area contributed by atoms with E-state index in [1.54, 1.807) is 0 Å². The summed E-state index contributed by atoms with van der Waals surface area (Å²) in [7, 11) is 3.75. The number of piperidine rings is 1. The van der Waals surface area contributed by atoms with Crippen LogP contribution in [0, 0.1) is 6.92 Å². The second-order valence-corrected chi connectivity index (χ2v) is 8.53. The molecule has 2 aliphatic heterocycles. The van der Waals surface area contributed by atoms with Gasteiger partial charge in [-0.25, -0.2) is 0 Å². The van der Waals surface area contributed by atoms with Crippen LogP contribution in [0.25, 0.3) is 5.57 Å². The van der Waals surface area contributed by atoms with Gasteiger partial charge in [0, 0.05) is 37.1 Å². The van der Waals surface area contributed by atoms with E-state index in [9.17, 15) is 4.79 Å². The van der Waals surface area contributed by atoms with Gasteiger partial charge in [0.25, 0.3) is 5.91 Å². The molecule has 4 rings (SSSR count). The average molecular weight is 496 g/mol. The molecule has 36 heavy (non-hydrogen) atoms. The Hall–Kier alpha value is -3.29. The molecule has 7 heteroatoms. The van der Waals surface area contributed by atoms with E-state index in [1.165, 1.54) is 11.1 Å². The third kappa shape index (κ3) is 7.60. The minimum Gasteiger partial charge on any atom is -0.482 e. The van der Waals surface area contributed by atoms with Crippen molar-refractivity contribution in [2.24, 2.45) is 0 Å². The standard InChI is InChI=1S/C25H30N2O2.C2H7N.2CH2O/c1-4-27(5-2)24(28)20-9-7-19(8-10-20)22-17-25(12-14-26-15-13-25)29-23-11-6-18(3)16-21(22)23;1-3-2;2*1-2/h6-11,16-17,26H,4-5,12-15H2,1-3H3;3H,1-2H3;2*1H2. The molecule has 2 aromatic rings. The lowest BCUT2D eigenvalue weighted by molar-refractivity contribution is -0.0987. The summed E-state index contributed by atoms with van der Waals surface area (Å²) in [6.07, 6.45) is 4.24. The van der Waals surface area contributed by atoms with E-state index >= 15 is 0 Å². The Morgan fingerprint density at radius 1 is 1.00 bits per heavy atom. The molecule has 0 aromatic heterocycles. The van der Waals surface area contributed by atoms with Gasteiger partial charge in [-0.2, -0.15) is 0 Å². The van der Waals surface area contributed by atoms with Crippen LogP contribution in [0.1, 0.15) is 53.7 Å². The third-order valence-corrected chi connectivity index (χ3v) is 6.09. The summed E-state index contributed by atoms with van der Waals surface area (Å²) >= 11 is 0. The Balaban J connectivity index is 0.000000844. The van der Waals surface area contributed by atoms with E-state index in [2.05, 4.69) is 54.0 Å². The SMILES string of the molecule is C=O.C=O.CCN(CC)C(=O)c1ccc(C2=CC3(CCNCC3)Oc3ccc(C)cc32)cc1.CNC. The van der Waals surface area contributed by atoms with Gasteiger partial charge >= 0.3 is 0 Å². The molecule has 1 spiro atoms. The lowest BCUT2D eigenvalue weighted by Crippen LogP contribution is -2.46. The maximum absolute atomic E-state index is 12.7. The largest absolute Gasteiger partial charge is 0.482 e. The fourth-order valence-electron chi connectivity index (χ4n) is 4.35. The van der Waals surface area contributed by atoms with Crippen LogP contribution >= 0.6 is 0 Å². The molecule has 0 aliphatic carbocycles. The van der Waals surface area contributed by atoms with E-state index in [1.807, 2.05) is 58.6 Å². The molecule has 0 atom stereocenters. The summed E-state index contributed by atoms with van der Waals surface area (Å²) in [5.74, 6) is 1.05. The second kappa shape index (κ2) is 15.7. The topological polar surface area (TPSA) is 87.7 Å². The van der Waals surface area contributed by atoms with Gasteiger partial charge in [0.2, 0.25) is 0 Å². The molecule has 2 aliphatic rings. The van der Waals surface area contributed by atoms with Crippen molar-refractivity contribution >= 4 is 25.1 Å². The third-order valence-electron chi connectivity index (χ3n) is 6.09. The number of benzene rings is 2. The molecule has 0 radical (unpaired) electrons. The van der Waals surface area contributed by atoms with Gasteiger partial charge < -0.3 is 29.9 Å². The molecule has 1 saturated heterocycles. The Labute approximate surface area is 215 Å². The summed E-state index contributed by atoms with van der Waals surface area (Å²) in [5, 5.41) is 6.18. The van der Waals surface area contributed by atoms with Crippen molar-refractivity contribution in [3.05, 3.63) is 70.8 Å². The number of rotatable bonds is 4. The quantitative estimate of drug-likeness (QED) is 0.669. The van der Waals surface area contributed by atoms with Gasteiger partial charge in [-0.1, -0.05) is 23.8 Å². The molecule has 0 bridgehead atoms. The highest BCUT2D eigenvalue weighted by Gasteiger charge is 2.37. The monoisotopic (exact) mass is 495 g/mol. The first-order valence-corrected chi connectivity index (χ1v) is 12.3. The van der Waals surface area contributed by atoms with Crippen molar-refractivity contribution in [3.8, 4) is 5.75 Å². The zero-order valence-corrected chi connectivity index (χ0v) is 22.4. The van der Waals surface area contributed by atoms with Crippen LogP contribution in [0.5, 0.6) is 5.75 Å². The number of hydrogen-bond acceptors (Lipinski definition) is 6. The maximum atomic E-state index is 12.7. The summed E-state index contributed by atoms with van der Waals surface area (Å²) < 4.78 is 6.51. The number of ether oxygens (including phenoxy) is 1. The highest BCUT2D eigenvalue weighted by Crippen LogP contribution is 2.43. The number of amides is 1. The van der Waals surface area contributed by atoms with Crippen LogP contribution in [-0.2, 0) is 9.59 Å². The van der Waals surface area contributed by atoms with Gasteiger partial charge in [0.1, 0.15) is 24.9 Å². The summed E-state index contributed by atoms with van der Waals surface area (Å²) in [5.41, 5.74) is 5.18. The van der Waals surface area contributed by atoms with Crippen LogP contribution < -0.4 is 15.4 Å². The number of nitrogens with zero attached hydrogens (tertiary/aromatic N) is 1. The lowest BCUT2D eigenvalue weighted by Gasteiger charge is -2.40. The second-order valence-electron chi connectivity index (χ2n) is 8.53. The summed E-state index contributed by atoms with van der Waals surface area (Å²) in [6, 6.07) is 14.5. The van der Waals surface area contributed by atoms with Crippen LogP contribution in [0.4, 0.5) is 0 Å². The number of carbonyl (C=O) groups is 3. The van der Waals surface area contributed by atoms with Crippen LogP contribution in [0.3, 0.4) is 0 Å². The molecule has 0 unspecified atom stereocenters.